The fourth-order valence-electron chi connectivity index (χ4n) is 0.912. The maximum atomic E-state index is 10.9. The lowest BCUT2D eigenvalue weighted by Gasteiger charge is -2.17. The molecule has 86 valence electrons. The fraction of sp³-hybridized carbons (Fsp3) is 0.750. The summed E-state index contributed by atoms with van der Waals surface area (Å²) in [5.74, 6) is 6.55. The third-order valence-electron chi connectivity index (χ3n) is 1.74. The Morgan fingerprint density at radius 2 is 2.00 bits per heavy atom. The second-order valence-electron chi connectivity index (χ2n) is 4.30. The van der Waals surface area contributed by atoms with Crippen LogP contribution < -0.4 is 0 Å². The van der Waals surface area contributed by atoms with Crippen LogP contribution >= 0.6 is 0 Å². The lowest BCUT2D eigenvalue weighted by Crippen LogP contribution is -2.26. The smallest absolute Gasteiger partial charge is 0.438 e. The molecule has 0 aliphatic rings. The Morgan fingerprint density at radius 3 is 2.47 bits per heavy atom. The molecular weight excluding hydrogens is 192 g/mol. The summed E-state index contributed by atoms with van der Waals surface area (Å²) in [6.07, 6.45) is 1.19. The normalized spacial score (nSPS) is 10.5. The van der Waals surface area contributed by atoms with E-state index in [4.69, 9.17) is 4.74 Å². The van der Waals surface area contributed by atoms with Gasteiger partial charge in [-0.1, -0.05) is 25.7 Å². The van der Waals surface area contributed by atoms with Crippen LogP contribution in [0.15, 0.2) is 0 Å². The molecule has 0 aliphatic carbocycles. The highest BCUT2D eigenvalue weighted by molar-refractivity contribution is 5.60. The first kappa shape index (κ1) is 13.8. The molecule has 0 aromatic heterocycles. The minimum absolute atomic E-state index is 0.643. The molecule has 0 unspecified atom stereocenters. The maximum absolute atomic E-state index is 10.9. The van der Waals surface area contributed by atoms with E-state index in [-0.39, 0.29) is 0 Å². The first-order valence-corrected chi connectivity index (χ1v) is 5.14. The SMILES string of the molecule is COC(=O)OC(C)(C)C#CCCC(C)C. The summed E-state index contributed by atoms with van der Waals surface area (Å²) in [7, 11) is 1.28. The molecule has 0 rings (SSSR count). The number of methoxy groups -OCH3 is 1. The molecule has 0 bridgehead atoms. The summed E-state index contributed by atoms with van der Waals surface area (Å²) in [5, 5.41) is 0. The van der Waals surface area contributed by atoms with Crippen molar-refractivity contribution in [3.05, 3.63) is 0 Å². The van der Waals surface area contributed by atoms with Gasteiger partial charge < -0.3 is 9.47 Å². The van der Waals surface area contributed by atoms with E-state index in [1.54, 1.807) is 13.8 Å². The van der Waals surface area contributed by atoms with Crippen LogP contribution in [0, 0.1) is 17.8 Å². The topological polar surface area (TPSA) is 35.5 Å². The van der Waals surface area contributed by atoms with Gasteiger partial charge in [-0.2, -0.15) is 0 Å². The summed E-state index contributed by atoms with van der Waals surface area (Å²) in [4.78, 5) is 10.9. The van der Waals surface area contributed by atoms with Crippen LogP contribution in [-0.4, -0.2) is 18.9 Å². The summed E-state index contributed by atoms with van der Waals surface area (Å²) in [5.41, 5.74) is -0.774. The van der Waals surface area contributed by atoms with Gasteiger partial charge in [0.1, 0.15) is 0 Å². The number of rotatable bonds is 3. The van der Waals surface area contributed by atoms with E-state index in [1.807, 2.05) is 0 Å². The van der Waals surface area contributed by atoms with Crippen molar-refractivity contribution in [1.82, 2.24) is 0 Å². The zero-order chi connectivity index (χ0) is 11.9. The lowest BCUT2D eigenvalue weighted by atomic mass is 10.1. The molecule has 0 amide bonds. The van der Waals surface area contributed by atoms with Crippen LogP contribution in [0.3, 0.4) is 0 Å². The molecule has 0 saturated carbocycles. The van der Waals surface area contributed by atoms with E-state index in [2.05, 4.69) is 30.4 Å². The molecule has 3 heteroatoms. The van der Waals surface area contributed by atoms with Crippen LogP contribution in [0.1, 0.15) is 40.5 Å². The summed E-state index contributed by atoms with van der Waals surface area (Å²) in [6, 6.07) is 0. The predicted octanol–water partition coefficient (Wildman–Crippen LogP) is 2.99. The van der Waals surface area contributed by atoms with Crippen LogP contribution in [-0.2, 0) is 9.47 Å². The highest BCUT2D eigenvalue weighted by atomic mass is 16.7. The average Bonchev–Trinajstić information content (AvgIpc) is 2.11. The van der Waals surface area contributed by atoms with Crippen molar-refractivity contribution in [2.75, 3.05) is 7.11 Å². The van der Waals surface area contributed by atoms with Gasteiger partial charge >= 0.3 is 6.16 Å². The summed E-state index contributed by atoms with van der Waals surface area (Å²) >= 11 is 0. The van der Waals surface area contributed by atoms with Gasteiger partial charge in [0.25, 0.3) is 0 Å². The number of carbonyl (C=O) groups is 1. The zero-order valence-corrected chi connectivity index (χ0v) is 10.2. The lowest BCUT2D eigenvalue weighted by molar-refractivity contribution is 0.0221. The van der Waals surface area contributed by atoms with Crippen molar-refractivity contribution in [3.63, 3.8) is 0 Å². The Kier molecular flexibility index (Phi) is 5.84. The molecule has 15 heavy (non-hydrogen) atoms. The molecule has 0 N–H and O–H groups in total. The Bertz CT molecular complexity index is 256. The van der Waals surface area contributed by atoms with Gasteiger partial charge in [-0.3, -0.25) is 0 Å². The second-order valence-corrected chi connectivity index (χ2v) is 4.30. The van der Waals surface area contributed by atoms with E-state index < -0.39 is 11.8 Å². The van der Waals surface area contributed by atoms with E-state index in [0.717, 1.165) is 12.8 Å². The summed E-state index contributed by atoms with van der Waals surface area (Å²) in [6.45, 7) is 7.79. The van der Waals surface area contributed by atoms with E-state index >= 15 is 0 Å². The number of ether oxygens (including phenoxy) is 2. The maximum Gasteiger partial charge on any atom is 0.509 e. The average molecular weight is 212 g/mol. The van der Waals surface area contributed by atoms with Crippen molar-refractivity contribution in [3.8, 4) is 11.8 Å². The zero-order valence-electron chi connectivity index (χ0n) is 10.2. The Balaban J connectivity index is 4.06. The Labute approximate surface area is 92.1 Å². The van der Waals surface area contributed by atoms with Crippen LogP contribution in [0.25, 0.3) is 0 Å². The molecule has 0 radical (unpaired) electrons. The predicted molar refractivity (Wildman–Crippen MR) is 59.4 cm³/mol. The number of hydrogen-bond donors (Lipinski definition) is 0. The molecule has 0 aromatic rings. The number of carbonyl (C=O) groups excluding carboxylic acids is 1. The van der Waals surface area contributed by atoms with Crippen molar-refractivity contribution >= 4 is 6.16 Å². The third-order valence-corrected chi connectivity index (χ3v) is 1.74. The van der Waals surface area contributed by atoms with Gasteiger partial charge in [0.2, 0.25) is 0 Å². The highest BCUT2D eigenvalue weighted by Crippen LogP contribution is 2.09. The highest BCUT2D eigenvalue weighted by Gasteiger charge is 2.19. The van der Waals surface area contributed by atoms with Gasteiger partial charge in [0, 0.05) is 6.42 Å². The van der Waals surface area contributed by atoms with E-state index in [0.29, 0.717) is 5.92 Å². The Hall–Kier alpha value is -1.17. The van der Waals surface area contributed by atoms with E-state index in [9.17, 15) is 4.79 Å². The quantitative estimate of drug-likeness (QED) is 0.533. The van der Waals surface area contributed by atoms with E-state index in [1.165, 1.54) is 7.11 Å². The van der Waals surface area contributed by atoms with Gasteiger partial charge in [0.05, 0.1) is 7.11 Å². The van der Waals surface area contributed by atoms with Gasteiger partial charge in [-0.25, -0.2) is 4.79 Å². The van der Waals surface area contributed by atoms with Crippen molar-refractivity contribution in [2.45, 2.75) is 46.1 Å². The fourth-order valence-corrected chi connectivity index (χ4v) is 0.912. The van der Waals surface area contributed by atoms with Gasteiger partial charge in [0.15, 0.2) is 5.60 Å². The standard InChI is InChI=1S/C12H20O3/c1-10(2)8-6-7-9-12(3,4)15-11(13)14-5/h10H,6,8H2,1-5H3. The van der Waals surface area contributed by atoms with Crippen LogP contribution in [0.4, 0.5) is 4.79 Å². The summed E-state index contributed by atoms with van der Waals surface area (Å²) < 4.78 is 9.36. The minimum Gasteiger partial charge on any atom is -0.438 e. The molecule has 0 spiro atoms. The van der Waals surface area contributed by atoms with Gasteiger partial charge in [-0.05, 0) is 26.2 Å². The molecule has 0 atom stereocenters. The number of hydrogen-bond acceptors (Lipinski definition) is 3. The molecule has 0 fully saturated rings. The molecule has 0 aromatic carbocycles. The molecule has 3 nitrogen and oxygen atoms in total. The molecule has 0 heterocycles. The Morgan fingerprint density at radius 1 is 1.40 bits per heavy atom. The molecule has 0 aliphatic heterocycles. The first-order chi connectivity index (χ1) is 6.87. The molecule has 0 saturated heterocycles. The van der Waals surface area contributed by atoms with Gasteiger partial charge in [-0.15, -0.1) is 0 Å². The first-order valence-electron chi connectivity index (χ1n) is 5.14. The largest absolute Gasteiger partial charge is 0.509 e. The third kappa shape index (κ3) is 7.87. The van der Waals surface area contributed by atoms with Crippen LogP contribution in [0.5, 0.6) is 0 Å². The van der Waals surface area contributed by atoms with Crippen molar-refractivity contribution in [1.29, 1.82) is 0 Å². The second kappa shape index (κ2) is 6.34. The molecular formula is C12H20O3. The van der Waals surface area contributed by atoms with Crippen LogP contribution in [0.2, 0.25) is 0 Å². The monoisotopic (exact) mass is 212 g/mol. The minimum atomic E-state index is -0.774. The van der Waals surface area contributed by atoms with Crippen molar-refractivity contribution < 1.29 is 14.3 Å². The van der Waals surface area contributed by atoms with Crippen molar-refractivity contribution in [2.24, 2.45) is 5.92 Å².